The third-order valence-electron chi connectivity index (χ3n) is 6.35. The van der Waals surface area contributed by atoms with Crippen LogP contribution in [0.2, 0.25) is 0 Å². The van der Waals surface area contributed by atoms with E-state index in [1.807, 2.05) is 44.2 Å². The molecule has 0 aliphatic rings. The van der Waals surface area contributed by atoms with Crippen molar-refractivity contribution in [2.45, 2.75) is 52.7 Å². The van der Waals surface area contributed by atoms with Crippen molar-refractivity contribution in [3.05, 3.63) is 89.7 Å². The van der Waals surface area contributed by atoms with Crippen LogP contribution in [-0.4, -0.2) is 25.2 Å². The van der Waals surface area contributed by atoms with Crippen molar-refractivity contribution in [3.63, 3.8) is 0 Å². The van der Waals surface area contributed by atoms with E-state index in [1.165, 1.54) is 11.1 Å². The molecule has 2 aromatic heterocycles. The summed E-state index contributed by atoms with van der Waals surface area (Å²) in [7, 11) is 0. The zero-order valence-electron chi connectivity index (χ0n) is 19.9. The van der Waals surface area contributed by atoms with E-state index < -0.39 is 0 Å². The van der Waals surface area contributed by atoms with Gasteiger partial charge >= 0.3 is 0 Å². The third-order valence-corrected chi connectivity index (χ3v) is 6.35. The topological polar surface area (TPSA) is 65.7 Å². The van der Waals surface area contributed by atoms with Gasteiger partial charge in [0.15, 0.2) is 0 Å². The molecule has 33 heavy (non-hydrogen) atoms. The lowest BCUT2D eigenvalue weighted by Gasteiger charge is -2.35. The van der Waals surface area contributed by atoms with E-state index >= 15 is 0 Å². The maximum absolute atomic E-state index is 5.93. The molecule has 170 valence electrons. The summed E-state index contributed by atoms with van der Waals surface area (Å²) < 4.78 is 5.93. The summed E-state index contributed by atoms with van der Waals surface area (Å²) in [6, 6.07) is 23.0. The van der Waals surface area contributed by atoms with E-state index in [9.17, 15) is 0 Å². The van der Waals surface area contributed by atoms with Crippen LogP contribution in [0, 0.1) is 5.92 Å². The molecule has 6 nitrogen and oxygen atoms in total. The molecule has 6 heteroatoms. The number of nitrogens with zero attached hydrogens (tertiary/aromatic N) is 5. The van der Waals surface area contributed by atoms with E-state index in [0.717, 1.165) is 17.0 Å². The molecule has 4 rings (SSSR count). The minimum absolute atomic E-state index is 0.152. The minimum atomic E-state index is -0.152. The van der Waals surface area contributed by atoms with Crippen molar-refractivity contribution in [3.8, 4) is 17.1 Å². The van der Waals surface area contributed by atoms with Crippen LogP contribution in [0.3, 0.4) is 0 Å². The van der Waals surface area contributed by atoms with Crippen LogP contribution in [0.4, 0.5) is 0 Å². The molecule has 2 aromatic carbocycles. The van der Waals surface area contributed by atoms with E-state index in [4.69, 9.17) is 4.74 Å². The molecule has 0 bridgehead atoms. The predicted octanol–water partition coefficient (Wildman–Crippen LogP) is 5.86. The summed E-state index contributed by atoms with van der Waals surface area (Å²) in [4.78, 5) is 5.95. The molecular formula is C27H31N5O. The molecular weight excluding hydrogens is 410 g/mol. The highest BCUT2D eigenvalue weighted by molar-refractivity contribution is 5.56. The van der Waals surface area contributed by atoms with E-state index in [2.05, 4.69) is 77.6 Å². The number of ether oxygens (including phenoxy) is 1. The van der Waals surface area contributed by atoms with E-state index in [-0.39, 0.29) is 11.5 Å². The Labute approximate surface area is 195 Å². The fourth-order valence-corrected chi connectivity index (χ4v) is 3.90. The Hall–Kier alpha value is -3.54. The first-order valence-corrected chi connectivity index (χ1v) is 11.4. The molecule has 0 spiro atoms. The van der Waals surface area contributed by atoms with Crippen molar-refractivity contribution >= 4 is 0 Å². The first kappa shape index (κ1) is 22.6. The Bertz CT molecular complexity index is 1170. The Morgan fingerprint density at radius 3 is 2.09 bits per heavy atom. The molecule has 0 radical (unpaired) electrons. The summed E-state index contributed by atoms with van der Waals surface area (Å²) in [5.41, 5.74) is 4.23. The lowest BCUT2D eigenvalue weighted by atomic mass is 9.68. The average molecular weight is 442 g/mol. The van der Waals surface area contributed by atoms with Crippen molar-refractivity contribution in [1.82, 2.24) is 25.2 Å². The number of tetrazole rings is 1. The highest BCUT2D eigenvalue weighted by Crippen LogP contribution is 2.40. The van der Waals surface area contributed by atoms with Gasteiger partial charge in [0.1, 0.15) is 12.4 Å². The van der Waals surface area contributed by atoms with Crippen LogP contribution in [0.5, 0.6) is 5.75 Å². The summed E-state index contributed by atoms with van der Waals surface area (Å²) >= 11 is 0. The molecule has 0 saturated carbocycles. The quantitative estimate of drug-likeness (QED) is 0.343. The smallest absolute Gasteiger partial charge is 0.204 e. The SMILES string of the molecule is CC(C)n1nnc(-c2ccc(C(C)(c3ccc(OCc4ccccn4)cc3)C(C)C)cc2)n1. The van der Waals surface area contributed by atoms with Crippen molar-refractivity contribution in [2.24, 2.45) is 5.92 Å². The maximum atomic E-state index is 5.93. The molecule has 4 aromatic rings. The van der Waals surface area contributed by atoms with Gasteiger partial charge in [-0.05, 0) is 60.4 Å². The Balaban J connectivity index is 1.54. The first-order chi connectivity index (χ1) is 15.9. The van der Waals surface area contributed by atoms with Crippen LogP contribution < -0.4 is 4.74 Å². The van der Waals surface area contributed by atoms with Gasteiger partial charge < -0.3 is 4.74 Å². The molecule has 2 heterocycles. The molecule has 0 saturated heterocycles. The third kappa shape index (κ3) is 4.80. The molecule has 0 aliphatic carbocycles. The van der Waals surface area contributed by atoms with Gasteiger partial charge in [-0.15, -0.1) is 10.2 Å². The van der Waals surface area contributed by atoms with Crippen LogP contribution >= 0.6 is 0 Å². The second-order valence-electron chi connectivity index (χ2n) is 9.10. The second-order valence-corrected chi connectivity index (χ2v) is 9.10. The first-order valence-electron chi connectivity index (χ1n) is 11.4. The standard InChI is InChI=1S/C27H31N5O/c1-19(2)27(5,22-11-9-21(10-12-22)26-29-31-32(30-26)20(3)4)23-13-15-25(16-14-23)33-18-24-8-6-7-17-28-24/h6-17,19-20H,18H2,1-5H3. The predicted molar refractivity (Wildman–Crippen MR) is 130 cm³/mol. The lowest BCUT2D eigenvalue weighted by Crippen LogP contribution is -2.30. The molecule has 1 atom stereocenters. The van der Waals surface area contributed by atoms with Crippen LogP contribution in [-0.2, 0) is 12.0 Å². The van der Waals surface area contributed by atoms with Gasteiger partial charge in [0.25, 0.3) is 0 Å². The number of hydrogen-bond acceptors (Lipinski definition) is 5. The van der Waals surface area contributed by atoms with Gasteiger partial charge in [0.2, 0.25) is 5.82 Å². The molecule has 1 unspecified atom stereocenters. The van der Waals surface area contributed by atoms with Crippen molar-refractivity contribution < 1.29 is 4.74 Å². The van der Waals surface area contributed by atoms with E-state index in [1.54, 1.807) is 11.0 Å². The maximum Gasteiger partial charge on any atom is 0.204 e. The largest absolute Gasteiger partial charge is 0.487 e. The van der Waals surface area contributed by atoms with Gasteiger partial charge in [-0.25, -0.2) is 0 Å². The number of hydrogen-bond donors (Lipinski definition) is 0. The minimum Gasteiger partial charge on any atom is -0.487 e. The van der Waals surface area contributed by atoms with Crippen LogP contribution in [0.25, 0.3) is 11.4 Å². The average Bonchev–Trinajstić information content (AvgIpc) is 3.34. The van der Waals surface area contributed by atoms with Gasteiger partial charge in [-0.3, -0.25) is 4.98 Å². The summed E-state index contributed by atoms with van der Waals surface area (Å²) in [6.45, 7) is 11.3. The highest BCUT2D eigenvalue weighted by Gasteiger charge is 2.32. The summed E-state index contributed by atoms with van der Waals surface area (Å²) in [5.74, 6) is 1.88. The monoisotopic (exact) mass is 441 g/mol. The molecule has 0 N–H and O–H groups in total. The second kappa shape index (κ2) is 9.53. The van der Waals surface area contributed by atoms with Gasteiger partial charge in [-0.1, -0.05) is 63.2 Å². The molecule has 0 fully saturated rings. The zero-order valence-corrected chi connectivity index (χ0v) is 19.9. The van der Waals surface area contributed by atoms with Gasteiger partial charge in [0.05, 0.1) is 11.7 Å². The summed E-state index contributed by atoms with van der Waals surface area (Å²) in [6.07, 6.45) is 1.78. The summed E-state index contributed by atoms with van der Waals surface area (Å²) in [5, 5.41) is 12.8. The van der Waals surface area contributed by atoms with Gasteiger partial charge in [0, 0.05) is 17.2 Å². The molecule has 0 amide bonds. The van der Waals surface area contributed by atoms with Crippen molar-refractivity contribution in [1.29, 1.82) is 0 Å². The highest BCUT2D eigenvalue weighted by atomic mass is 16.5. The zero-order chi connectivity index (χ0) is 23.4. The number of aromatic nitrogens is 5. The van der Waals surface area contributed by atoms with Crippen LogP contribution in [0.15, 0.2) is 72.9 Å². The normalized spacial score (nSPS) is 13.3. The number of rotatable bonds is 8. The number of pyridine rings is 1. The Morgan fingerprint density at radius 2 is 1.55 bits per heavy atom. The fourth-order valence-electron chi connectivity index (χ4n) is 3.90. The van der Waals surface area contributed by atoms with Gasteiger partial charge in [-0.2, -0.15) is 4.80 Å². The van der Waals surface area contributed by atoms with Crippen molar-refractivity contribution in [2.75, 3.05) is 0 Å². The fraction of sp³-hybridized carbons (Fsp3) is 0.333. The molecule has 0 aliphatic heterocycles. The van der Waals surface area contributed by atoms with E-state index in [0.29, 0.717) is 18.3 Å². The Kier molecular flexibility index (Phi) is 6.54. The Morgan fingerprint density at radius 1 is 0.879 bits per heavy atom. The van der Waals surface area contributed by atoms with Crippen LogP contribution in [0.1, 0.15) is 57.5 Å². The number of benzene rings is 2. The lowest BCUT2D eigenvalue weighted by molar-refractivity contribution is 0.301.